The van der Waals surface area contributed by atoms with Crippen LogP contribution in [0.4, 0.5) is 0 Å². The van der Waals surface area contributed by atoms with Crippen molar-refractivity contribution in [3.63, 3.8) is 0 Å². The van der Waals surface area contributed by atoms with E-state index in [4.69, 9.17) is 4.74 Å². The number of carbonyl (C=O) groups is 1. The molecule has 0 saturated carbocycles. The monoisotopic (exact) mass is 328 g/mol. The fourth-order valence-electron chi connectivity index (χ4n) is 2.98. The van der Waals surface area contributed by atoms with Crippen molar-refractivity contribution in [2.24, 2.45) is 4.99 Å². The third-order valence-electron chi connectivity index (χ3n) is 4.23. The minimum absolute atomic E-state index is 0.171. The van der Waals surface area contributed by atoms with E-state index in [9.17, 15) is 20.1 Å². The summed E-state index contributed by atoms with van der Waals surface area (Å²) in [6, 6.07) is 0. The van der Waals surface area contributed by atoms with E-state index >= 15 is 0 Å². The molecule has 3 aliphatic heterocycles. The van der Waals surface area contributed by atoms with Crippen LogP contribution in [-0.2, 0) is 9.53 Å². The van der Waals surface area contributed by atoms with Crippen LogP contribution >= 0.6 is 0 Å². The maximum atomic E-state index is 12.3. The first-order valence-electron chi connectivity index (χ1n) is 7.34. The predicted octanol–water partition coefficient (Wildman–Crippen LogP) is -4.18. The normalized spacial score (nSPS) is 34.2. The summed E-state index contributed by atoms with van der Waals surface area (Å²) in [6.45, 7) is -0.107. The van der Waals surface area contributed by atoms with Crippen LogP contribution < -0.4 is 5.32 Å². The molecular formula is C13H22N5O5+. The first-order valence-corrected chi connectivity index (χ1v) is 7.34. The van der Waals surface area contributed by atoms with Crippen molar-refractivity contribution in [2.45, 2.75) is 24.5 Å². The van der Waals surface area contributed by atoms with Gasteiger partial charge in [-0.25, -0.2) is 10.1 Å². The highest BCUT2D eigenvalue weighted by Gasteiger charge is 2.50. The van der Waals surface area contributed by atoms with Gasteiger partial charge in [0.2, 0.25) is 0 Å². The second kappa shape index (κ2) is 5.73. The van der Waals surface area contributed by atoms with Gasteiger partial charge in [-0.15, -0.1) is 0 Å². The van der Waals surface area contributed by atoms with Crippen molar-refractivity contribution in [3.8, 4) is 0 Å². The number of carbonyl (C=O) groups excluding carboxylic acids is 1. The number of rotatable bonds is 2. The number of nitrogens with two attached hydrogens (primary N) is 1. The summed E-state index contributed by atoms with van der Waals surface area (Å²) in [7, 11) is 5.31. The quantitative estimate of drug-likeness (QED) is 0.402. The molecule has 1 amide bonds. The standard InChI is InChI=1S/C13H21N5O5/c1-16(2)13-14-10-7(11(22)15-13)17(3)5-18(10)12-9(21)8(20)6(4-19)23-12/h6,8-9,12,19-21H,4-5H2,1-3H3,(H,14,15,22)/p+1/t6-,8-,9-,12-/m1/s1. The number of hydrogen-bond acceptors (Lipinski definition) is 9. The smallest absolute Gasteiger partial charge is 0.370 e. The zero-order chi connectivity index (χ0) is 16.9. The van der Waals surface area contributed by atoms with Crippen molar-refractivity contribution in [1.82, 2.24) is 14.7 Å². The summed E-state index contributed by atoms with van der Waals surface area (Å²) in [6.07, 6.45) is -4.14. The van der Waals surface area contributed by atoms with E-state index < -0.39 is 31.1 Å². The fourth-order valence-corrected chi connectivity index (χ4v) is 2.98. The largest absolute Gasteiger partial charge is 0.394 e. The Bertz CT molecular complexity index is 577. The summed E-state index contributed by atoms with van der Waals surface area (Å²) < 4.78 is 5.56. The van der Waals surface area contributed by atoms with Crippen molar-refractivity contribution < 1.29 is 30.2 Å². The lowest BCUT2D eigenvalue weighted by Crippen LogP contribution is -2.95. The summed E-state index contributed by atoms with van der Waals surface area (Å²) in [5.41, 5.74) is 0.424. The van der Waals surface area contributed by atoms with E-state index in [1.165, 1.54) is 5.32 Å². The molecule has 3 rings (SSSR count). The van der Waals surface area contributed by atoms with E-state index in [1.54, 1.807) is 35.8 Å². The molecule has 0 aliphatic carbocycles. The molecule has 1 fully saturated rings. The molecule has 23 heavy (non-hydrogen) atoms. The Morgan fingerprint density at radius 2 is 2.09 bits per heavy atom. The number of likely N-dealkylation sites (N-methyl/N-ethyl adjacent to an activating group) is 1. The van der Waals surface area contributed by atoms with Crippen LogP contribution in [0.15, 0.2) is 16.5 Å². The molecule has 0 aromatic heterocycles. The molecular weight excluding hydrogens is 306 g/mol. The predicted molar refractivity (Wildman–Crippen MR) is 77.3 cm³/mol. The summed E-state index contributed by atoms with van der Waals surface area (Å²) in [5.74, 6) is 0.731. The van der Waals surface area contributed by atoms with E-state index in [0.717, 1.165) is 0 Å². The van der Waals surface area contributed by atoms with Gasteiger partial charge in [0.15, 0.2) is 17.7 Å². The third kappa shape index (κ3) is 2.48. The Morgan fingerprint density at radius 1 is 1.39 bits per heavy atom. The number of ether oxygens (including phenoxy) is 1. The molecule has 0 radical (unpaired) electrons. The van der Waals surface area contributed by atoms with Gasteiger partial charge in [-0.2, -0.15) is 4.99 Å². The Hall–Kier alpha value is -1.72. The number of aliphatic hydroxyl groups is 3. The van der Waals surface area contributed by atoms with Crippen molar-refractivity contribution in [1.29, 1.82) is 0 Å². The van der Waals surface area contributed by atoms with E-state index in [1.807, 2.05) is 0 Å². The number of aliphatic imine (C=N–C) groups is 1. The minimum atomic E-state index is -1.20. The van der Waals surface area contributed by atoms with Crippen LogP contribution in [0.3, 0.4) is 0 Å². The lowest BCUT2D eigenvalue weighted by atomic mass is 10.1. The highest BCUT2D eigenvalue weighted by molar-refractivity contribution is 5.95. The van der Waals surface area contributed by atoms with E-state index in [2.05, 4.69) is 4.99 Å². The van der Waals surface area contributed by atoms with Crippen LogP contribution in [0.5, 0.6) is 0 Å². The average molecular weight is 328 g/mol. The molecule has 1 saturated heterocycles. The Balaban J connectivity index is 1.94. The van der Waals surface area contributed by atoms with Crippen LogP contribution in [0.1, 0.15) is 0 Å². The Kier molecular flexibility index (Phi) is 4.02. The zero-order valence-electron chi connectivity index (χ0n) is 13.2. The minimum Gasteiger partial charge on any atom is -0.394 e. The molecule has 0 bridgehead atoms. The molecule has 3 aliphatic rings. The highest BCUT2D eigenvalue weighted by atomic mass is 16.6. The number of quaternary nitrogens is 1. The van der Waals surface area contributed by atoms with Gasteiger partial charge in [0, 0.05) is 21.1 Å². The van der Waals surface area contributed by atoms with Crippen molar-refractivity contribution in [2.75, 3.05) is 34.4 Å². The second-order valence-electron chi connectivity index (χ2n) is 6.08. The van der Waals surface area contributed by atoms with Crippen molar-refractivity contribution in [3.05, 3.63) is 11.5 Å². The van der Waals surface area contributed by atoms with Crippen LogP contribution in [0.2, 0.25) is 0 Å². The summed E-state index contributed by atoms with van der Waals surface area (Å²) >= 11 is 0. The molecule has 0 unspecified atom stereocenters. The average Bonchev–Trinajstić information content (AvgIpc) is 2.98. The molecule has 0 spiro atoms. The van der Waals surface area contributed by atoms with E-state index in [-0.39, 0.29) is 5.91 Å². The molecule has 0 aromatic carbocycles. The van der Waals surface area contributed by atoms with E-state index in [0.29, 0.717) is 24.1 Å². The number of hydrogen-bond donors (Lipinski definition) is 4. The molecule has 10 nitrogen and oxygen atoms in total. The van der Waals surface area contributed by atoms with Gasteiger partial charge in [-0.1, -0.05) is 0 Å². The van der Waals surface area contributed by atoms with Crippen LogP contribution in [0, 0.1) is 0 Å². The molecule has 4 atom stereocenters. The van der Waals surface area contributed by atoms with Gasteiger partial charge in [-0.3, -0.25) is 0 Å². The maximum Gasteiger partial charge on any atom is 0.370 e. The number of guanidine groups is 1. The number of primary amides is 1. The van der Waals surface area contributed by atoms with Gasteiger partial charge in [0.1, 0.15) is 18.3 Å². The molecule has 128 valence electrons. The van der Waals surface area contributed by atoms with Crippen molar-refractivity contribution >= 4 is 11.9 Å². The SMILES string of the molecule is CN(C)C1=NC2=C(C(=O)[NH2+]1)N(C)CN2[C@@H]1O[C@H](CO)[C@@H](O)[C@H]1O. The summed E-state index contributed by atoms with van der Waals surface area (Å²) in [5, 5.41) is 30.8. The highest BCUT2D eigenvalue weighted by Crippen LogP contribution is 2.33. The van der Waals surface area contributed by atoms with Crippen LogP contribution in [0.25, 0.3) is 0 Å². The van der Waals surface area contributed by atoms with Gasteiger partial charge < -0.3 is 34.8 Å². The first kappa shape index (κ1) is 16.1. The molecule has 5 N–H and O–H groups in total. The zero-order valence-corrected chi connectivity index (χ0v) is 13.2. The van der Waals surface area contributed by atoms with Gasteiger partial charge in [0.05, 0.1) is 13.3 Å². The summed E-state index contributed by atoms with van der Waals surface area (Å²) in [4.78, 5) is 21.9. The van der Waals surface area contributed by atoms with Gasteiger partial charge >= 0.3 is 11.9 Å². The lowest BCUT2D eigenvalue weighted by Gasteiger charge is -2.29. The molecule has 0 aromatic rings. The third-order valence-corrected chi connectivity index (χ3v) is 4.23. The Labute approximate surface area is 133 Å². The second-order valence-corrected chi connectivity index (χ2v) is 6.08. The number of amides is 1. The first-order chi connectivity index (χ1) is 10.8. The maximum absolute atomic E-state index is 12.3. The molecule has 10 heteroatoms. The van der Waals surface area contributed by atoms with Gasteiger partial charge in [0.25, 0.3) is 0 Å². The van der Waals surface area contributed by atoms with Crippen LogP contribution in [-0.4, -0.2) is 101 Å². The van der Waals surface area contributed by atoms with Gasteiger partial charge in [-0.05, 0) is 0 Å². The number of nitrogens with zero attached hydrogens (tertiary/aromatic N) is 4. The number of aliphatic hydroxyl groups excluding tert-OH is 3. The fraction of sp³-hybridized carbons (Fsp3) is 0.692. The topological polar surface area (TPSA) is 126 Å². The Morgan fingerprint density at radius 3 is 2.65 bits per heavy atom. The lowest BCUT2D eigenvalue weighted by molar-refractivity contribution is -0.460. The molecule has 3 heterocycles.